The normalized spacial score (nSPS) is 19.0. The van der Waals surface area contributed by atoms with E-state index in [4.69, 9.17) is 4.74 Å². The summed E-state index contributed by atoms with van der Waals surface area (Å²) in [5.41, 5.74) is 1.41. The second-order valence-corrected chi connectivity index (χ2v) is 8.02. The van der Waals surface area contributed by atoms with Gasteiger partial charge in [0.05, 0.1) is 6.61 Å². The summed E-state index contributed by atoms with van der Waals surface area (Å²) in [6.07, 6.45) is 2.69. The van der Waals surface area contributed by atoms with Gasteiger partial charge in [-0.25, -0.2) is 0 Å². The maximum Gasteiger partial charge on any atom is 0.193 e. The third kappa shape index (κ3) is 7.41. The van der Waals surface area contributed by atoms with Crippen molar-refractivity contribution in [2.24, 2.45) is 10.9 Å². The van der Waals surface area contributed by atoms with Gasteiger partial charge in [0.1, 0.15) is 0 Å². The van der Waals surface area contributed by atoms with Gasteiger partial charge in [-0.1, -0.05) is 30.3 Å². The van der Waals surface area contributed by atoms with Gasteiger partial charge in [-0.15, -0.1) is 0 Å². The lowest BCUT2D eigenvalue weighted by Crippen LogP contribution is -2.49. The van der Waals surface area contributed by atoms with Gasteiger partial charge in [-0.05, 0) is 24.3 Å². The number of guanidine groups is 1. The van der Waals surface area contributed by atoms with E-state index in [2.05, 4.69) is 62.4 Å². The van der Waals surface area contributed by atoms with E-state index < -0.39 is 0 Å². The van der Waals surface area contributed by atoms with Gasteiger partial charge in [0, 0.05) is 73.1 Å². The predicted molar refractivity (Wildman–Crippen MR) is 116 cm³/mol. The largest absolute Gasteiger partial charge is 0.379 e. The Bertz CT molecular complexity index is 582. The first-order chi connectivity index (χ1) is 13.7. The molecule has 1 aliphatic carbocycles. The maximum absolute atomic E-state index is 5.74. The lowest BCUT2D eigenvalue weighted by atomic mass is 10.2. The molecule has 2 aliphatic rings. The predicted octanol–water partition coefficient (Wildman–Crippen LogP) is 1.74. The molecular formula is C22H37N5O. The first kappa shape index (κ1) is 21.1. The third-order valence-electron chi connectivity index (χ3n) is 5.62. The van der Waals surface area contributed by atoms with Crippen LogP contribution < -0.4 is 5.32 Å². The van der Waals surface area contributed by atoms with Crippen LogP contribution in [0.2, 0.25) is 0 Å². The summed E-state index contributed by atoms with van der Waals surface area (Å²) in [5.74, 6) is 1.79. The minimum absolute atomic E-state index is 0.775. The molecule has 0 atom stereocenters. The molecule has 1 heterocycles. The van der Waals surface area contributed by atoms with Crippen LogP contribution in [-0.2, 0) is 11.3 Å². The Morgan fingerprint density at radius 2 is 1.86 bits per heavy atom. The third-order valence-corrected chi connectivity index (χ3v) is 5.62. The Labute approximate surface area is 170 Å². The average molecular weight is 388 g/mol. The Hall–Kier alpha value is -1.63. The highest BCUT2D eigenvalue weighted by Crippen LogP contribution is 2.28. The number of hydrogen-bond donors (Lipinski definition) is 1. The Kier molecular flexibility index (Phi) is 8.58. The van der Waals surface area contributed by atoms with E-state index in [1.165, 1.54) is 18.4 Å². The molecule has 3 rings (SSSR count). The van der Waals surface area contributed by atoms with Gasteiger partial charge in [0.15, 0.2) is 5.96 Å². The topological polar surface area (TPSA) is 43.3 Å². The molecule has 2 fully saturated rings. The fourth-order valence-corrected chi connectivity index (χ4v) is 3.57. The van der Waals surface area contributed by atoms with Crippen molar-refractivity contribution >= 4 is 5.96 Å². The van der Waals surface area contributed by atoms with Crippen LogP contribution in [0.4, 0.5) is 0 Å². The molecule has 0 amide bonds. The van der Waals surface area contributed by atoms with Gasteiger partial charge in [-0.3, -0.25) is 14.8 Å². The van der Waals surface area contributed by atoms with E-state index in [9.17, 15) is 0 Å². The Morgan fingerprint density at radius 1 is 1.14 bits per heavy atom. The number of piperazine rings is 1. The fraction of sp³-hybridized carbons (Fsp3) is 0.682. The molecule has 0 unspecified atom stereocenters. The Balaban J connectivity index is 1.26. The zero-order chi connectivity index (χ0) is 19.6. The molecule has 1 saturated heterocycles. The van der Waals surface area contributed by atoms with Crippen LogP contribution in [0.5, 0.6) is 0 Å². The fourth-order valence-electron chi connectivity index (χ4n) is 3.57. The molecule has 1 N–H and O–H groups in total. The summed E-state index contributed by atoms with van der Waals surface area (Å²) in [7, 11) is 3.93. The molecule has 28 heavy (non-hydrogen) atoms. The summed E-state index contributed by atoms with van der Waals surface area (Å²) in [5, 5.41) is 3.49. The van der Waals surface area contributed by atoms with E-state index in [1.807, 2.05) is 7.05 Å². The summed E-state index contributed by atoms with van der Waals surface area (Å²) in [6, 6.07) is 10.8. The second-order valence-electron chi connectivity index (χ2n) is 8.02. The molecule has 6 heteroatoms. The molecule has 6 nitrogen and oxygen atoms in total. The zero-order valence-electron chi connectivity index (χ0n) is 17.6. The second kappa shape index (κ2) is 11.4. The number of nitrogens with zero attached hydrogens (tertiary/aromatic N) is 4. The molecule has 1 saturated carbocycles. The molecular weight excluding hydrogens is 350 g/mol. The molecule has 0 spiro atoms. The number of rotatable bonds is 10. The van der Waals surface area contributed by atoms with E-state index >= 15 is 0 Å². The van der Waals surface area contributed by atoms with Crippen molar-refractivity contribution in [3.05, 3.63) is 35.9 Å². The summed E-state index contributed by atoms with van der Waals surface area (Å²) in [6.45, 7) is 10.2. The van der Waals surface area contributed by atoms with Crippen LogP contribution in [0.15, 0.2) is 35.3 Å². The Morgan fingerprint density at radius 3 is 2.54 bits per heavy atom. The quantitative estimate of drug-likeness (QED) is 0.376. The summed E-state index contributed by atoms with van der Waals surface area (Å²) >= 11 is 0. The number of benzene rings is 1. The molecule has 0 bridgehead atoms. The molecule has 156 valence electrons. The average Bonchev–Trinajstić information content (AvgIpc) is 3.55. The first-order valence-corrected chi connectivity index (χ1v) is 10.7. The monoisotopic (exact) mass is 387 g/mol. The summed E-state index contributed by atoms with van der Waals surface area (Å²) in [4.78, 5) is 11.7. The summed E-state index contributed by atoms with van der Waals surface area (Å²) < 4.78 is 5.74. The van der Waals surface area contributed by atoms with Crippen molar-refractivity contribution in [1.29, 1.82) is 0 Å². The molecule has 1 aliphatic heterocycles. The van der Waals surface area contributed by atoms with Crippen LogP contribution in [0, 0.1) is 5.92 Å². The van der Waals surface area contributed by atoms with Gasteiger partial charge >= 0.3 is 0 Å². The standard InChI is InChI=1S/C22H37N5O/c1-23-22(25(2)16-17-28-19-21-8-9-21)24-10-11-26-12-14-27(15-13-26)18-20-6-4-3-5-7-20/h3-7,21H,8-19H2,1-2H3,(H,23,24). The number of nitrogens with one attached hydrogen (secondary N) is 1. The number of hydrogen-bond acceptors (Lipinski definition) is 4. The SMILES string of the molecule is CN=C(NCCN1CCN(Cc2ccccc2)CC1)N(C)CCOCC1CC1. The lowest BCUT2D eigenvalue weighted by Gasteiger charge is -2.35. The maximum atomic E-state index is 5.74. The van der Waals surface area contributed by atoms with E-state index in [-0.39, 0.29) is 0 Å². The van der Waals surface area contributed by atoms with Gasteiger partial charge < -0.3 is 15.0 Å². The van der Waals surface area contributed by atoms with Crippen LogP contribution in [0.3, 0.4) is 0 Å². The molecule has 1 aromatic carbocycles. The number of aliphatic imine (C=N–C) groups is 1. The van der Waals surface area contributed by atoms with Crippen LogP contribution in [0.25, 0.3) is 0 Å². The first-order valence-electron chi connectivity index (χ1n) is 10.7. The molecule has 0 radical (unpaired) electrons. The van der Waals surface area contributed by atoms with Crippen molar-refractivity contribution < 1.29 is 4.74 Å². The van der Waals surface area contributed by atoms with Gasteiger partial charge in [0.2, 0.25) is 0 Å². The van der Waals surface area contributed by atoms with Gasteiger partial charge in [-0.2, -0.15) is 0 Å². The smallest absolute Gasteiger partial charge is 0.193 e. The van der Waals surface area contributed by atoms with Crippen LogP contribution in [0.1, 0.15) is 18.4 Å². The van der Waals surface area contributed by atoms with Crippen molar-refractivity contribution in [3.63, 3.8) is 0 Å². The van der Waals surface area contributed by atoms with E-state index in [0.717, 1.165) is 77.4 Å². The molecule has 0 aromatic heterocycles. The van der Waals surface area contributed by atoms with E-state index in [1.54, 1.807) is 0 Å². The molecule has 1 aromatic rings. The van der Waals surface area contributed by atoms with Crippen molar-refractivity contribution in [3.8, 4) is 0 Å². The van der Waals surface area contributed by atoms with Crippen molar-refractivity contribution in [2.75, 3.05) is 73.1 Å². The lowest BCUT2D eigenvalue weighted by molar-refractivity contribution is 0.114. The van der Waals surface area contributed by atoms with Gasteiger partial charge in [0.25, 0.3) is 0 Å². The highest BCUT2D eigenvalue weighted by atomic mass is 16.5. The zero-order valence-corrected chi connectivity index (χ0v) is 17.6. The van der Waals surface area contributed by atoms with Crippen molar-refractivity contribution in [1.82, 2.24) is 20.0 Å². The van der Waals surface area contributed by atoms with Crippen molar-refractivity contribution in [2.45, 2.75) is 19.4 Å². The van der Waals surface area contributed by atoms with Crippen LogP contribution in [-0.4, -0.2) is 93.8 Å². The highest BCUT2D eigenvalue weighted by molar-refractivity contribution is 5.79. The minimum atomic E-state index is 0.775. The van der Waals surface area contributed by atoms with E-state index in [0.29, 0.717) is 0 Å². The minimum Gasteiger partial charge on any atom is -0.379 e. The number of ether oxygens (including phenoxy) is 1. The van der Waals surface area contributed by atoms with Crippen LogP contribution >= 0.6 is 0 Å². The highest BCUT2D eigenvalue weighted by Gasteiger charge is 2.21. The number of likely N-dealkylation sites (N-methyl/N-ethyl adjacent to an activating group) is 1.